The van der Waals surface area contributed by atoms with Crippen LogP contribution >= 0.6 is 0 Å². The molecule has 0 amide bonds. The van der Waals surface area contributed by atoms with Crippen LogP contribution in [0.15, 0.2) is 0 Å². The number of aliphatic hydroxyl groups excluding tert-OH is 7. The lowest BCUT2D eigenvalue weighted by atomic mass is 9.87. The lowest BCUT2D eigenvalue weighted by Gasteiger charge is -2.30. The Morgan fingerprint density at radius 2 is 1.67 bits per heavy atom. The minimum atomic E-state index is -5.09. The lowest BCUT2D eigenvalue weighted by Crippen LogP contribution is -2.49. The molecule has 0 unspecified atom stereocenters. The van der Waals surface area contributed by atoms with E-state index in [2.05, 4.69) is 4.18 Å². The van der Waals surface area contributed by atoms with Gasteiger partial charge < -0.3 is 35.7 Å². The second kappa shape index (κ2) is 8.80. The zero-order chi connectivity index (χ0) is 18.7. The van der Waals surface area contributed by atoms with E-state index in [-0.39, 0.29) is 12.8 Å². The standard InChI is InChI=1S/C12H24O11S/c13-3-6-5(1-7(15)10(6)18)2-8(16)12(23-24(20,21)22)11(19)9(17)4-14/h5-19H,1-4H2,(H,20,21,22)/t5-,6-,7+,8+,9-,10+,11+,12-/m0/s1. The lowest BCUT2D eigenvalue weighted by molar-refractivity contribution is -0.110. The topological polar surface area (TPSA) is 205 Å². The van der Waals surface area contributed by atoms with E-state index < -0.39 is 72.1 Å². The van der Waals surface area contributed by atoms with Gasteiger partial charge in [-0.15, -0.1) is 0 Å². The Hall–Kier alpha value is -0.410. The minimum absolute atomic E-state index is 0.000692. The SMILES string of the molecule is O=S(=O)(O)O[C@H]([C@H](O)[C@@H](O)CO)[C@H](O)C[C@@H]1C[C@@H](O)[C@H](O)[C@H]1CO. The minimum Gasteiger partial charge on any atom is -0.396 e. The number of hydrogen-bond acceptors (Lipinski definition) is 10. The van der Waals surface area contributed by atoms with Crippen molar-refractivity contribution in [3.8, 4) is 0 Å². The first kappa shape index (κ1) is 21.6. The molecular formula is C12H24O11S. The molecule has 1 aliphatic rings. The Morgan fingerprint density at radius 3 is 2.12 bits per heavy atom. The molecule has 8 atom stereocenters. The van der Waals surface area contributed by atoms with Crippen LogP contribution in [0.4, 0.5) is 0 Å². The zero-order valence-corrected chi connectivity index (χ0v) is 13.5. The third-order valence-electron chi connectivity index (χ3n) is 4.27. The Kier molecular flexibility index (Phi) is 7.93. The zero-order valence-electron chi connectivity index (χ0n) is 12.7. The van der Waals surface area contributed by atoms with Crippen LogP contribution in [-0.2, 0) is 14.6 Å². The van der Waals surface area contributed by atoms with Gasteiger partial charge >= 0.3 is 10.4 Å². The summed E-state index contributed by atoms with van der Waals surface area (Å²) in [6.07, 6.45) is -10.3. The number of hydrogen-bond donors (Lipinski definition) is 8. The third kappa shape index (κ3) is 5.56. The summed E-state index contributed by atoms with van der Waals surface area (Å²) >= 11 is 0. The maximum absolute atomic E-state index is 10.9. The van der Waals surface area contributed by atoms with E-state index in [9.17, 15) is 39.1 Å². The highest BCUT2D eigenvalue weighted by atomic mass is 32.3. The van der Waals surface area contributed by atoms with Crippen molar-refractivity contribution in [3.63, 3.8) is 0 Å². The van der Waals surface area contributed by atoms with Crippen molar-refractivity contribution in [2.45, 2.75) is 49.5 Å². The Morgan fingerprint density at radius 1 is 1.08 bits per heavy atom. The molecule has 0 radical (unpaired) electrons. The molecule has 144 valence electrons. The molecule has 0 heterocycles. The molecule has 24 heavy (non-hydrogen) atoms. The highest BCUT2D eigenvalue weighted by molar-refractivity contribution is 7.80. The molecule has 0 aromatic carbocycles. The number of rotatable bonds is 9. The van der Waals surface area contributed by atoms with Crippen LogP contribution in [0.2, 0.25) is 0 Å². The molecule has 0 bridgehead atoms. The van der Waals surface area contributed by atoms with Crippen molar-refractivity contribution in [2.24, 2.45) is 11.8 Å². The maximum atomic E-state index is 10.9. The van der Waals surface area contributed by atoms with Gasteiger partial charge in [-0.1, -0.05) is 0 Å². The summed E-state index contributed by atoms with van der Waals surface area (Å²) in [5, 5.41) is 66.7. The van der Waals surface area contributed by atoms with Gasteiger partial charge in [-0.05, 0) is 18.8 Å². The van der Waals surface area contributed by atoms with Gasteiger partial charge in [0.2, 0.25) is 0 Å². The molecule has 0 saturated heterocycles. The van der Waals surface area contributed by atoms with Crippen molar-refractivity contribution in [1.82, 2.24) is 0 Å². The first-order chi connectivity index (χ1) is 11.0. The van der Waals surface area contributed by atoms with E-state index in [1.54, 1.807) is 0 Å². The molecule has 1 saturated carbocycles. The summed E-state index contributed by atoms with van der Waals surface area (Å²) in [6.45, 7) is -1.46. The Labute approximate surface area is 138 Å². The summed E-state index contributed by atoms with van der Waals surface area (Å²) in [6, 6.07) is 0. The van der Waals surface area contributed by atoms with Gasteiger partial charge in [-0.25, -0.2) is 4.18 Å². The van der Waals surface area contributed by atoms with Gasteiger partial charge in [0.05, 0.1) is 24.9 Å². The van der Waals surface area contributed by atoms with Crippen molar-refractivity contribution < 1.29 is 52.9 Å². The monoisotopic (exact) mass is 376 g/mol. The average molecular weight is 376 g/mol. The first-order valence-corrected chi connectivity index (χ1v) is 8.66. The van der Waals surface area contributed by atoms with Crippen LogP contribution in [0.25, 0.3) is 0 Å². The summed E-state index contributed by atoms with van der Waals surface area (Å²) in [5.41, 5.74) is 0. The van der Waals surface area contributed by atoms with E-state index in [0.29, 0.717) is 0 Å². The quantitative estimate of drug-likeness (QED) is 0.182. The summed E-state index contributed by atoms with van der Waals surface area (Å²) < 4.78 is 34.7. The summed E-state index contributed by atoms with van der Waals surface area (Å²) in [5.74, 6) is -1.43. The molecule has 1 rings (SSSR count). The van der Waals surface area contributed by atoms with E-state index in [1.165, 1.54) is 0 Å². The van der Waals surface area contributed by atoms with Crippen LogP contribution in [0.1, 0.15) is 12.8 Å². The van der Waals surface area contributed by atoms with Crippen LogP contribution in [0.3, 0.4) is 0 Å². The van der Waals surface area contributed by atoms with Crippen LogP contribution in [0, 0.1) is 11.8 Å². The molecule has 0 aliphatic heterocycles. The second-order valence-electron chi connectivity index (χ2n) is 5.93. The van der Waals surface area contributed by atoms with Gasteiger partial charge in [0.1, 0.15) is 18.3 Å². The Bertz CT molecular complexity index is 483. The van der Waals surface area contributed by atoms with Gasteiger partial charge in [0, 0.05) is 12.5 Å². The molecule has 11 nitrogen and oxygen atoms in total. The van der Waals surface area contributed by atoms with Gasteiger partial charge in [0.15, 0.2) is 0 Å². The van der Waals surface area contributed by atoms with E-state index in [4.69, 9.17) is 9.66 Å². The van der Waals surface area contributed by atoms with E-state index >= 15 is 0 Å². The Balaban J connectivity index is 2.89. The fourth-order valence-electron chi connectivity index (χ4n) is 2.98. The molecule has 0 aromatic heterocycles. The average Bonchev–Trinajstić information content (AvgIpc) is 2.76. The third-order valence-corrected chi connectivity index (χ3v) is 4.73. The molecule has 1 aliphatic carbocycles. The van der Waals surface area contributed by atoms with E-state index in [1.807, 2.05) is 0 Å². The molecule has 1 fully saturated rings. The van der Waals surface area contributed by atoms with Crippen molar-refractivity contribution in [1.29, 1.82) is 0 Å². The molecule has 8 N–H and O–H groups in total. The highest BCUT2D eigenvalue weighted by Gasteiger charge is 2.44. The fourth-order valence-corrected chi connectivity index (χ4v) is 3.50. The highest BCUT2D eigenvalue weighted by Crippen LogP contribution is 2.36. The van der Waals surface area contributed by atoms with Crippen LogP contribution < -0.4 is 0 Å². The van der Waals surface area contributed by atoms with Gasteiger partial charge in [-0.3, -0.25) is 4.55 Å². The fraction of sp³-hybridized carbons (Fsp3) is 1.00. The van der Waals surface area contributed by atoms with Crippen LogP contribution in [0.5, 0.6) is 0 Å². The van der Waals surface area contributed by atoms with Crippen molar-refractivity contribution >= 4 is 10.4 Å². The van der Waals surface area contributed by atoms with Gasteiger partial charge in [0.25, 0.3) is 0 Å². The van der Waals surface area contributed by atoms with Crippen molar-refractivity contribution in [2.75, 3.05) is 13.2 Å². The van der Waals surface area contributed by atoms with Gasteiger partial charge in [-0.2, -0.15) is 8.42 Å². The van der Waals surface area contributed by atoms with Crippen molar-refractivity contribution in [3.05, 3.63) is 0 Å². The number of aliphatic hydroxyl groups is 7. The molecule has 12 heteroatoms. The summed E-state index contributed by atoms with van der Waals surface area (Å²) in [4.78, 5) is 0. The summed E-state index contributed by atoms with van der Waals surface area (Å²) in [7, 11) is -5.09. The molecule has 0 aromatic rings. The normalized spacial score (nSPS) is 33.2. The maximum Gasteiger partial charge on any atom is 0.397 e. The smallest absolute Gasteiger partial charge is 0.396 e. The molecule has 0 spiro atoms. The van der Waals surface area contributed by atoms with Crippen LogP contribution in [-0.4, -0.2) is 98.6 Å². The largest absolute Gasteiger partial charge is 0.397 e. The second-order valence-corrected chi connectivity index (χ2v) is 6.98. The van der Waals surface area contributed by atoms with E-state index in [0.717, 1.165) is 0 Å². The molecular weight excluding hydrogens is 352 g/mol. The predicted octanol–water partition coefficient (Wildman–Crippen LogP) is -4.01. The first-order valence-electron chi connectivity index (χ1n) is 7.29. The predicted molar refractivity (Wildman–Crippen MR) is 76.8 cm³/mol.